The third kappa shape index (κ3) is 3.10. The van der Waals surface area contributed by atoms with Crippen LogP contribution >= 0.6 is 0 Å². The number of nitrogens with zero attached hydrogens (tertiary/aromatic N) is 2. The number of carboxylic acids is 1. The summed E-state index contributed by atoms with van der Waals surface area (Å²) in [4.78, 5) is 26.6. The number of hydrogen-bond donors (Lipinski definition) is 1. The van der Waals surface area contributed by atoms with Gasteiger partial charge in [0.05, 0.1) is 5.56 Å². The van der Waals surface area contributed by atoms with Gasteiger partial charge in [0.1, 0.15) is 0 Å². The molecule has 0 aromatic heterocycles. The average Bonchev–Trinajstić information content (AvgIpc) is 2.84. The normalized spacial score (nSPS) is 18.1. The molecule has 0 bridgehead atoms. The van der Waals surface area contributed by atoms with Crippen LogP contribution in [0.2, 0.25) is 0 Å². The van der Waals surface area contributed by atoms with E-state index in [0.717, 1.165) is 24.9 Å². The highest BCUT2D eigenvalue weighted by atomic mass is 16.4. The van der Waals surface area contributed by atoms with E-state index in [-0.39, 0.29) is 11.6 Å². The molecular formula is C15H20N2O3. The lowest BCUT2D eigenvalue weighted by atomic mass is 10.1. The zero-order valence-electron chi connectivity index (χ0n) is 11.9. The molecule has 1 atom stereocenters. The topological polar surface area (TPSA) is 60.9 Å². The van der Waals surface area contributed by atoms with Crippen LogP contribution < -0.4 is 0 Å². The van der Waals surface area contributed by atoms with Gasteiger partial charge in [-0.2, -0.15) is 0 Å². The summed E-state index contributed by atoms with van der Waals surface area (Å²) in [6.07, 6.45) is 2.13. The van der Waals surface area contributed by atoms with E-state index in [0.29, 0.717) is 12.6 Å². The van der Waals surface area contributed by atoms with Gasteiger partial charge in [0, 0.05) is 26.2 Å². The van der Waals surface area contributed by atoms with Crippen molar-refractivity contribution in [2.45, 2.75) is 32.4 Å². The van der Waals surface area contributed by atoms with Gasteiger partial charge < -0.3 is 14.9 Å². The van der Waals surface area contributed by atoms with Crippen LogP contribution in [-0.2, 0) is 6.54 Å². The first-order chi connectivity index (χ1) is 9.49. The lowest BCUT2D eigenvalue weighted by Crippen LogP contribution is -2.42. The quantitative estimate of drug-likeness (QED) is 0.922. The standard InChI is InChI=1S/C15H20N2O3/c1-11-4-3-9-17(11)15(20)16(2)10-12-5-7-13(8-6-12)14(18)19/h5-8,11H,3-4,9-10H2,1-2H3,(H,18,19). The number of carbonyl (C=O) groups excluding carboxylic acids is 1. The molecule has 0 radical (unpaired) electrons. The molecular weight excluding hydrogens is 256 g/mol. The Morgan fingerprint density at radius 3 is 2.50 bits per heavy atom. The minimum atomic E-state index is -0.938. The summed E-state index contributed by atoms with van der Waals surface area (Å²) in [6, 6.07) is 6.97. The summed E-state index contributed by atoms with van der Waals surface area (Å²) in [7, 11) is 1.78. The van der Waals surface area contributed by atoms with Crippen LogP contribution in [0.1, 0.15) is 35.7 Å². The van der Waals surface area contributed by atoms with Crippen LogP contribution in [0.4, 0.5) is 4.79 Å². The predicted octanol–water partition coefficient (Wildman–Crippen LogP) is 2.42. The first-order valence-corrected chi connectivity index (χ1v) is 6.83. The number of urea groups is 1. The number of rotatable bonds is 3. The Balaban J connectivity index is 1.98. The van der Waals surface area contributed by atoms with Crippen molar-refractivity contribution in [1.82, 2.24) is 9.80 Å². The molecule has 5 heteroatoms. The molecule has 2 amide bonds. The van der Waals surface area contributed by atoms with Crippen molar-refractivity contribution in [1.29, 1.82) is 0 Å². The Kier molecular flexibility index (Phi) is 4.27. The number of hydrogen-bond acceptors (Lipinski definition) is 2. The van der Waals surface area contributed by atoms with Crippen LogP contribution in [0, 0.1) is 0 Å². The van der Waals surface area contributed by atoms with Crippen LogP contribution in [0.5, 0.6) is 0 Å². The van der Waals surface area contributed by atoms with Crippen molar-refractivity contribution in [3.05, 3.63) is 35.4 Å². The minimum absolute atomic E-state index is 0.0392. The molecule has 1 unspecified atom stereocenters. The van der Waals surface area contributed by atoms with Crippen molar-refractivity contribution in [2.75, 3.05) is 13.6 Å². The Labute approximate surface area is 118 Å². The highest BCUT2D eigenvalue weighted by Crippen LogP contribution is 2.18. The second-order valence-electron chi connectivity index (χ2n) is 5.33. The minimum Gasteiger partial charge on any atom is -0.478 e. The van der Waals surface area contributed by atoms with E-state index in [2.05, 4.69) is 6.92 Å². The van der Waals surface area contributed by atoms with Gasteiger partial charge in [0.15, 0.2) is 0 Å². The van der Waals surface area contributed by atoms with Crippen LogP contribution in [0.15, 0.2) is 24.3 Å². The number of carboxylic acid groups (broad SMARTS) is 1. The molecule has 0 aliphatic carbocycles. The van der Waals surface area contributed by atoms with E-state index in [1.165, 1.54) is 0 Å². The molecule has 108 valence electrons. The lowest BCUT2D eigenvalue weighted by Gasteiger charge is -2.27. The maximum atomic E-state index is 12.3. The lowest BCUT2D eigenvalue weighted by molar-refractivity contribution is 0.0696. The number of aromatic carboxylic acids is 1. The number of benzene rings is 1. The molecule has 0 spiro atoms. The van der Waals surface area contributed by atoms with Crippen LogP contribution in [0.25, 0.3) is 0 Å². The number of carbonyl (C=O) groups is 2. The zero-order chi connectivity index (χ0) is 14.7. The highest BCUT2D eigenvalue weighted by molar-refractivity contribution is 5.87. The zero-order valence-corrected chi connectivity index (χ0v) is 11.9. The Morgan fingerprint density at radius 1 is 1.35 bits per heavy atom. The largest absolute Gasteiger partial charge is 0.478 e. The fourth-order valence-corrected chi connectivity index (χ4v) is 2.53. The van der Waals surface area contributed by atoms with E-state index in [1.807, 2.05) is 4.90 Å². The van der Waals surface area contributed by atoms with E-state index < -0.39 is 5.97 Å². The smallest absolute Gasteiger partial charge is 0.335 e. The van der Waals surface area contributed by atoms with Crippen LogP contribution in [-0.4, -0.2) is 46.5 Å². The molecule has 2 rings (SSSR count). The van der Waals surface area contributed by atoms with Gasteiger partial charge in [-0.05, 0) is 37.5 Å². The van der Waals surface area contributed by atoms with Crippen LogP contribution in [0.3, 0.4) is 0 Å². The van der Waals surface area contributed by atoms with Gasteiger partial charge >= 0.3 is 12.0 Å². The van der Waals surface area contributed by atoms with Gasteiger partial charge in [-0.1, -0.05) is 12.1 Å². The second kappa shape index (κ2) is 5.94. The number of likely N-dealkylation sites (tertiary alicyclic amines) is 1. The molecule has 1 saturated heterocycles. The van der Waals surface area contributed by atoms with Crippen molar-refractivity contribution in [3.63, 3.8) is 0 Å². The Morgan fingerprint density at radius 2 is 2.00 bits per heavy atom. The number of amides is 2. The summed E-state index contributed by atoms with van der Waals surface area (Å²) in [5.74, 6) is -0.938. The van der Waals surface area contributed by atoms with Gasteiger partial charge in [-0.25, -0.2) is 9.59 Å². The summed E-state index contributed by atoms with van der Waals surface area (Å²) in [5.41, 5.74) is 1.19. The van der Waals surface area contributed by atoms with E-state index in [9.17, 15) is 9.59 Å². The van der Waals surface area contributed by atoms with Crippen molar-refractivity contribution in [3.8, 4) is 0 Å². The maximum Gasteiger partial charge on any atom is 0.335 e. The monoisotopic (exact) mass is 276 g/mol. The van der Waals surface area contributed by atoms with E-state index in [4.69, 9.17) is 5.11 Å². The molecule has 1 heterocycles. The molecule has 1 aromatic rings. The maximum absolute atomic E-state index is 12.3. The second-order valence-corrected chi connectivity index (χ2v) is 5.33. The van der Waals surface area contributed by atoms with Crippen molar-refractivity contribution in [2.24, 2.45) is 0 Å². The summed E-state index contributed by atoms with van der Waals surface area (Å²) >= 11 is 0. The molecule has 1 N–H and O–H groups in total. The molecule has 1 aliphatic heterocycles. The van der Waals surface area contributed by atoms with Gasteiger partial charge in [0.2, 0.25) is 0 Å². The first-order valence-electron chi connectivity index (χ1n) is 6.83. The Bertz CT molecular complexity index is 498. The average molecular weight is 276 g/mol. The van der Waals surface area contributed by atoms with Crippen molar-refractivity contribution >= 4 is 12.0 Å². The van der Waals surface area contributed by atoms with E-state index in [1.54, 1.807) is 36.2 Å². The summed E-state index contributed by atoms with van der Waals surface area (Å²) < 4.78 is 0. The third-order valence-corrected chi connectivity index (χ3v) is 3.75. The molecule has 1 fully saturated rings. The highest BCUT2D eigenvalue weighted by Gasteiger charge is 2.27. The predicted molar refractivity (Wildman–Crippen MR) is 75.7 cm³/mol. The fraction of sp³-hybridized carbons (Fsp3) is 0.467. The van der Waals surface area contributed by atoms with Gasteiger partial charge in [0.25, 0.3) is 0 Å². The van der Waals surface area contributed by atoms with Gasteiger partial charge in [-0.15, -0.1) is 0 Å². The molecule has 5 nitrogen and oxygen atoms in total. The first kappa shape index (κ1) is 14.4. The summed E-state index contributed by atoms with van der Waals surface area (Å²) in [5, 5.41) is 8.85. The van der Waals surface area contributed by atoms with Gasteiger partial charge in [-0.3, -0.25) is 0 Å². The summed E-state index contributed by atoms with van der Waals surface area (Å²) in [6.45, 7) is 3.38. The third-order valence-electron chi connectivity index (χ3n) is 3.75. The molecule has 1 aliphatic rings. The fourth-order valence-electron chi connectivity index (χ4n) is 2.53. The Hall–Kier alpha value is -2.04. The molecule has 0 saturated carbocycles. The van der Waals surface area contributed by atoms with Crippen molar-refractivity contribution < 1.29 is 14.7 Å². The van der Waals surface area contributed by atoms with E-state index >= 15 is 0 Å². The SMILES string of the molecule is CC1CCCN1C(=O)N(C)Cc1ccc(C(=O)O)cc1. The molecule has 1 aromatic carbocycles. The molecule has 20 heavy (non-hydrogen) atoms.